The van der Waals surface area contributed by atoms with E-state index in [4.69, 9.17) is 9.47 Å². The summed E-state index contributed by atoms with van der Waals surface area (Å²) in [7, 11) is 0.995. The Hall–Kier alpha value is -1.84. The molecule has 0 radical (unpaired) electrons. The van der Waals surface area contributed by atoms with Gasteiger partial charge in [0, 0.05) is 39.2 Å². The topological polar surface area (TPSA) is 96.4 Å². The predicted molar refractivity (Wildman–Crippen MR) is 92.0 cm³/mol. The fourth-order valence-electron chi connectivity index (χ4n) is 2.57. The second-order valence-electron chi connectivity index (χ2n) is 6.15. The zero-order chi connectivity index (χ0) is 18.6. The Balaban J connectivity index is 1.90. The van der Waals surface area contributed by atoms with Crippen LogP contribution in [0.2, 0.25) is 0 Å². The molecule has 0 aromatic heterocycles. The van der Waals surface area contributed by atoms with Gasteiger partial charge in [0.15, 0.2) is 6.61 Å². The molecule has 0 unspecified atom stereocenters. The number of rotatable bonds is 7. The highest BCUT2D eigenvalue weighted by Gasteiger charge is 2.37. The van der Waals surface area contributed by atoms with Crippen molar-refractivity contribution in [1.29, 1.82) is 0 Å². The van der Waals surface area contributed by atoms with Crippen LogP contribution in [0.5, 0.6) is 11.5 Å². The largest absolute Gasteiger partial charge is 0.497 e. The summed E-state index contributed by atoms with van der Waals surface area (Å²) in [6.07, 6.45) is -0.865. The Kier molecular flexibility index (Phi) is 6.26. The molecule has 140 valence electrons. The zero-order valence-electron chi connectivity index (χ0n) is 14.6. The number of amides is 1. The maximum Gasteiger partial charge on any atom is 0.260 e. The molecule has 9 heteroatoms. The third-order valence-corrected chi connectivity index (χ3v) is 6.11. The van der Waals surface area contributed by atoms with E-state index in [1.807, 2.05) is 0 Å². The van der Waals surface area contributed by atoms with Crippen LogP contribution in [0.15, 0.2) is 24.3 Å². The van der Waals surface area contributed by atoms with Crippen LogP contribution in [0.4, 0.5) is 0 Å². The van der Waals surface area contributed by atoms with Crippen molar-refractivity contribution in [1.82, 2.24) is 9.21 Å². The highest BCUT2D eigenvalue weighted by atomic mass is 32.2. The maximum atomic E-state index is 12.3. The van der Waals surface area contributed by atoms with Gasteiger partial charge in [-0.05, 0) is 12.1 Å². The van der Waals surface area contributed by atoms with Crippen molar-refractivity contribution in [3.63, 3.8) is 0 Å². The third-order valence-electron chi connectivity index (χ3n) is 4.14. The Bertz CT molecular complexity index is 706. The number of β-amino-alcohol motifs (C(OH)–C–C–N with tert-alkyl or cyclic N) is 1. The van der Waals surface area contributed by atoms with Crippen molar-refractivity contribution in [3.8, 4) is 11.5 Å². The number of carbonyl (C=O) groups is 1. The van der Waals surface area contributed by atoms with Crippen LogP contribution in [-0.2, 0) is 14.8 Å². The van der Waals surface area contributed by atoms with Gasteiger partial charge in [0.25, 0.3) is 5.91 Å². The van der Waals surface area contributed by atoms with Gasteiger partial charge in [-0.15, -0.1) is 0 Å². The van der Waals surface area contributed by atoms with Gasteiger partial charge in [0.1, 0.15) is 11.5 Å². The van der Waals surface area contributed by atoms with E-state index in [1.165, 1.54) is 26.1 Å². The van der Waals surface area contributed by atoms with Gasteiger partial charge in [0.2, 0.25) is 10.0 Å². The number of methoxy groups -OCH3 is 1. The molecular weight excluding hydrogens is 348 g/mol. The zero-order valence-corrected chi connectivity index (χ0v) is 15.4. The predicted octanol–water partition coefficient (Wildman–Crippen LogP) is -0.215. The van der Waals surface area contributed by atoms with E-state index in [9.17, 15) is 18.3 Å². The van der Waals surface area contributed by atoms with Crippen molar-refractivity contribution < 1.29 is 27.8 Å². The Morgan fingerprint density at radius 1 is 1.32 bits per heavy atom. The molecule has 1 aromatic carbocycles. The van der Waals surface area contributed by atoms with Crippen molar-refractivity contribution in [2.24, 2.45) is 5.92 Å². The minimum Gasteiger partial charge on any atom is -0.497 e. The molecule has 0 spiro atoms. The smallest absolute Gasteiger partial charge is 0.260 e. The van der Waals surface area contributed by atoms with Crippen LogP contribution in [0, 0.1) is 5.92 Å². The highest BCUT2D eigenvalue weighted by Crippen LogP contribution is 2.21. The van der Waals surface area contributed by atoms with E-state index in [0.29, 0.717) is 11.5 Å². The lowest BCUT2D eigenvalue weighted by Crippen LogP contribution is -2.35. The number of likely N-dealkylation sites (tertiary alicyclic amines) is 1. The second-order valence-corrected chi connectivity index (χ2v) is 8.38. The quantitative estimate of drug-likeness (QED) is 0.711. The first-order valence-corrected chi connectivity index (χ1v) is 9.46. The minimum atomic E-state index is -3.44. The monoisotopic (exact) mass is 372 g/mol. The van der Waals surface area contributed by atoms with Gasteiger partial charge < -0.3 is 19.5 Å². The number of hydrogen-bond donors (Lipinski definition) is 1. The summed E-state index contributed by atoms with van der Waals surface area (Å²) in [5.41, 5.74) is 0. The normalized spacial score (nSPS) is 20.8. The summed E-state index contributed by atoms with van der Waals surface area (Å²) in [6, 6.07) is 6.89. The third kappa shape index (κ3) is 5.07. The molecule has 1 fully saturated rings. The van der Waals surface area contributed by atoms with Crippen LogP contribution in [0.3, 0.4) is 0 Å². The van der Waals surface area contributed by atoms with Crippen molar-refractivity contribution in [3.05, 3.63) is 24.3 Å². The summed E-state index contributed by atoms with van der Waals surface area (Å²) in [6.45, 7) is 0.107. The average Bonchev–Trinajstić information content (AvgIpc) is 2.93. The first-order valence-electron chi connectivity index (χ1n) is 7.86. The van der Waals surface area contributed by atoms with Gasteiger partial charge in [-0.25, -0.2) is 12.7 Å². The minimum absolute atomic E-state index is 0.105. The molecule has 2 atom stereocenters. The van der Waals surface area contributed by atoms with Crippen molar-refractivity contribution in [2.75, 3.05) is 46.7 Å². The molecule has 25 heavy (non-hydrogen) atoms. The fraction of sp³-hybridized carbons (Fsp3) is 0.562. The molecule has 1 aliphatic rings. The van der Waals surface area contributed by atoms with Gasteiger partial charge >= 0.3 is 0 Å². The summed E-state index contributed by atoms with van der Waals surface area (Å²) in [5.74, 6) is 0.122. The van der Waals surface area contributed by atoms with Crippen molar-refractivity contribution >= 4 is 15.9 Å². The summed E-state index contributed by atoms with van der Waals surface area (Å²) in [4.78, 5) is 13.7. The number of aliphatic hydroxyl groups is 1. The molecular formula is C16H24N2O6S. The second kappa shape index (κ2) is 8.03. The van der Waals surface area contributed by atoms with E-state index in [1.54, 1.807) is 24.3 Å². The Morgan fingerprint density at radius 3 is 2.64 bits per heavy atom. The molecule has 1 saturated heterocycles. The van der Waals surface area contributed by atoms with Gasteiger partial charge in [0.05, 0.1) is 19.0 Å². The number of aliphatic hydroxyl groups excluding tert-OH is 1. The fourth-order valence-corrected chi connectivity index (χ4v) is 3.74. The Labute approximate surface area is 148 Å². The number of ether oxygens (including phenoxy) is 2. The SMILES string of the molecule is COc1cccc(OCC(=O)N2C[C@@H](CS(=O)(=O)N(C)C)[C@H](O)C2)c1. The highest BCUT2D eigenvalue weighted by molar-refractivity contribution is 7.89. The number of benzene rings is 1. The molecule has 1 heterocycles. The molecule has 0 saturated carbocycles. The molecule has 2 rings (SSSR count). The van der Waals surface area contributed by atoms with Crippen LogP contribution in [0.25, 0.3) is 0 Å². The van der Waals surface area contributed by atoms with Crippen LogP contribution in [0.1, 0.15) is 0 Å². The van der Waals surface area contributed by atoms with Crippen LogP contribution >= 0.6 is 0 Å². The van der Waals surface area contributed by atoms with Gasteiger partial charge in [-0.1, -0.05) is 6.07 Å². The number of sulfonamides is 1. The van der Waals surface area contributed by atoms with E-state index >= 15 is 0 Å². The molecule has 1 aliphatic heterocycles. The molecule has 1 N–H and O–H groups in total. The van der Waals surface area contributed by atoms with Gasteiger partial charge in [-0.2, -0.15) is 0 Å². The van der Waals surface area contributed by atoms with Gasteiger partial charge in [-0.3, -0.25) is 4.79 Å². The average molecular weight is 372 g/mol. The maximum absolute atomic E-state index is 12.3. The number of nitrogens with zero attached hydrogens (tertiary/aromatic N) is 2. The first kappa shape index (κ1) is 19.5. The summed E-state index contributed by atoms with van der Waals surface area (Å²) < 4.78 is 35.6. The lowest BCUT2D eigenvalue weighted by atomic mass is 10.1. The van der Waals surface area contributed by atoms with Crippen LogP contribution in [-0.4, -0.2) is 81.4 Å². The lowest BCUT2D eigenvalue weighted by Gasteiger charge is -2.18. The molecule has 0 bridgehead atoms. The number of hydrogen-bond acceptors (Lipinski definition) is 6. The first-order chi connectivity index (χ1) is 11.7. The number of carbonyl (C=O) groups excluding carboxylic acids is 1. The van der Waals surface area contributed by atoms with Crippen molar-refractivity contribution in [2.45, 2.75) is 6.10 Å². The molecule has 1 aromatic rings. The summed E-state index contributed by atoms with van der Waals surface area (Å²) >= 11 is 0. The van der Waals surface area contributed by atoms with E-state index in [0.717, 1.165) is 4.31 Å². The molecule has 1 amide bonds. The lowest BCUT2D eigenvalue weighted by molar-refractivity contribution is -0.132. The van der Waals surface area contributed by atoms with E-state index in [-0.39, 0.29) is 31.4 Å². The Morgan fingerprint density at radius 2 is 2.00 bits per heavy atom. The summed E-state index contributed by atoms with van der Waals surface area (Å²) in [5, 5.41) is 10.1. The van der Waals surface area contributed by atoms with E-state index < -0.39 is 22.0 Å². The van der Waals surface area contributed by atoms with Crippen LogP contribution < -0.4 is 9.47 Å². The molecule has 8 nitrogen and oxygen atoms in total. The standard InChI is InChI=1S/C16H24N2O6S/c1-17(2)25(21,22)11-12-8-18(9-15(12)19)16(20)10-24-14-6-4-5-13(7-14)23-3/h4-7,12,15,19H,8-11H2,1-3H3/t12-,15+/m0/s1. The van der Waals surface area contributed by atoms with E-state index in [2.05, 4.69) is 0 Å². The molecule has 0 aliphatic carbocycles.